The Morgan fingerprint density at radius 1 is 1.29 bits per heavy atom. The topological polar surface area (TPSA) is 47.3 Å². The van der Waals surface area contributed by atoms with E-state index < -0.39 is 0 Å². The number of benzene rings is 1. The summed E-state index contributed by atoms with van der Waals surface area (Å²) >= 11 is 0. The molecule has 3 nitrogen and oxygen atoms in total. The second-order valence-electron chi connectivity index (χ2n) is 5.17. The first-order valence-electron chi connectivity index (χ1n) is 6.39. The van der Waals surface area contributed by atoms with Crippen LogP contribution < -0.4 is 15.8 Å². The van der Waals surface area contributed by atoms with Gasteiger partial charge in [0.05, 0.1) is 6.10 Å². The van der Waals surface area contributed by atoms with Crippen LogP contribution in [-0.4, -0.2) is 18.7 Å². The normalized spacial score (nSPS) is 23.3. The van der Waals surface area contributed by atoms with Gasteiger partial charge in [0.25, 0.3) is 0 Å². The smallest absolute Gasteiger partial charge is 0.119 e. The number of nitrogens with two attached hydrogens (primary N) is 1. The Balaban J connectivity index is 1.77. The van der Waals surface area contributed by atoms with Crippen LogP contribution in [0.5, 0.6) is 5.75 Å². The van der Waals surface area contributed by atoms with Gasteiger partial charge in [0.15, 0.2) is 0 Å². The zero-order valence-electron chi connectivity index (χ0n) is 10.6. The maximum Gasteiger partial charge on any atom is 0.119 e. The van der Waals surface area contributed by atoms with Crippen LogP contribution in [0.4, 0.5) is 5.69 Å². The van der Waals surface area contributed by atoms with Gasteiger partial charge in [0.1, 0.15) is 5.75 Å². The van der Waals surface area contributed by atoms with E-state index in [9.17, 15) is 0 Å². The molecule has 1 aromatic carbocycles. The lowest BCUT2D eigenvalue weighted by molar-refractivity contribution is 0.242. The van der Waals surface area contributed by atoms with Crippen LogP contribution in [0.2, 0.25) is 0 Å². The van der Waals surface area contributed by atoms with Crippen LogP contribution in [0.15, 0.2) is 24.3 Å². The minimum Gasteiger partial charge on any atom is -0.491 e. The molecule has 1 saturated carbocycles. The standard InChI is InChI=1S/C14H22N2O/c1-10(2)17-14-5-3-13(4-6-14)16-9-11-7-12(15)8-11/h3-6,10-12,16H,7-9,15H2,1-2H3. The van der Waals surface area contributed by atoms with E-state index in [4.69, 9.17) is 10.5 Å². The van der Waals surface area contributed by atoms with Crippen molar-refractivity contribution in [2.24, 2.45) is 11.7 Å². The second-order valence-corrected chi connectivity index (χ2v) is 5.17. The molecule has 2 rings (SSSR count). The van der Waals surface area contributed by atoms with Crippen molar-refractivity contribution in [1.29, 1.82) is 0 Å². The summed E-state index contributed by atoms with van der Waals surface area (Å²) in [6.45, 7) is 5.09. The number of anilines is 1. The lowest BCUT2D eigenvalue weighted by atomic mass is 9.81. The third-order valence-corrected chi connectivity index (χ3v) is 3.09. The summed E-state index contributed by atoms with van der Waals surface area (Å²) in [6, 6.07) is 8.58. The molecule has 1 fully saturated rings. The van der Waals surface area contributed by atoms with E-state index in [0.29, 0.717) is 6.04 Å². The SMILES string of the molecule is CC(C)Oc1ccc(NCC2CC(N)C2)cc1. The number of nitrogens with one attached hydrogen (secondary N) is 1. The molecule has 0 saturated heterocycles. The highest BCUT2D eigenvalue weighted by Gasteiger charge is 2.25. The minimum absolute atomic E-state index is 0.227. The molecule has 0 amide bonds. The Bertz CT molecular complexity index is 342. The highest BCUT2D eigenvalue weighted by Crippen LogP contribution is 2.26. The Labute approximate surface area is 103 Å². The first kappa shape index (κ1) is 12.2. The fraction of sp³-hybridized carbons (Fsp3) is 0.571. The van der Waals surface area contributed by atoms with Crippen molar-refractivity contribution in [3.63, 3.8) is 0 Å². The molecule has 1 aromatic rings. The molecule has 17 heavy (non-hydrogen) atoms. The number of rotatable bonds is 5. The van der Waals surface area contributed by atoms with E-state index in [-0.39, 0.29) is 6.10 Å². The van der Waals surface area contributed by atoms with Crippen molar-refractivity contribution in [3.05, 3.63) is 24.3 Å². The molecular formula is C14H22N2O. The molecule has 0 spiro atoms. The van der Waals surface area contributed by atoms with Gasteiger partial charge in [-0.3, -0.25) is 0 Å². The molecule has 3 N–H and O–H groups in total. The molecule has 0 atom stereocenters. The first-order valence-corrected chi connectivity index (χ1v) is 6.39. The fourth-order valence-corrected chi connectivity index (χ4v) is 2.14. The summed E-state index contributed by atoms with van der Waals surface area (Å²) in [6.07, 6.45) is 2.54. The highest BCUT2D eigenvalue weighted by atomic mass is 16.5. The summed E-state index contributed by atoms with van der Waals surface area (Å²) in [5.74, 6) is 1.67. The Hall–Kier alpha value is -1.22. The van der Waals surface area contributed by atoms with E-state index in [2.05, 4.69) is 17.4 Å². The van der Waals surface area contributed by atoms with Crippen LogP contribution in [0.3, 0.4) is 0 Å². The van der Waals surface area contributed by atoms with Crippen LogP contribution in [0, 0.1) is 5.92 Å². The Morgan fingerprint density at radius 3 is 2.47 bits per heavy atom. The Morgan fingerprint density at radius 2 is 1.94 bits per heavy atom. The molecule has 1 aliphatic rings. The molecule has 1 aliphatic carbocycles. The van der Waals surface area contributed by atoms with Crippen molar-refractivity contribution in [2.75, 3.05) is 11.9 Å². The van der Waals surface area contributed by atoms with Crippen LogP contribution >= 0.6 is 0 Å². The number of hydrogen-bond donors (Lipinski definition) is 2. The van der Waals surface area contributed by atoms with Crippen molar-refractivity contribution in [3.8, 4) is 5.75 Å². The molecule has 0 aromatic heterocycles. The predicted molar refractivity (Wildman–Crippen MR) is 71.4 cm³/mol. The summed E-state index contributed by atoms with van der Waals surface area (Å²) in [5.41, 5.74) is 6.91. The third kappa shape index (κ3) is 3.63. The number of ether oxygens (including phenoxy) is 1. The van der Waals surface area contributed by atoms with Crippen molar-refractivity contribution >= 4 is 5.69 Å². The summed E-state index contributed by atoms with van der Waals surface area (Å²) < 4.78 is 5.60. The average molecular weight is 234 g/mol. The molecule has 0 unspecified atom stereocenters. The van der Waals surface area contributed by atoms with Crippen LogP contribution in [0.25, 0.3) is 0 Å². The van der Waals surface area contributed by atoms with Crippen molar-refractivity contribution in [1.82, 2.24) is 0 Å². The molecule has 0 aliphatic heterocycles. The molecule has 94 valence electrons. The number of hydrogen-bond acceptors (Lipinski definition) is 3. The molecule has 0 radical (unpaired) electrons. The monoisotopic (exact) mass is 234 g/mol. The summed E-state index contributed by atoms with van der Waals surface area (Å²) in [7, 11) is 0. The zero-order chi connectivity index (χ0) is 12.3. The van der Waals surface area contributed by atoms with Crippen molar-refractivity contribution in [2.45, 2.75) is 38.8 Å². The van der Waals surface area contributed by atoms with E-state index >= 15 is 0 Å². The predicted octanol–water partition coefficient (Wildman–Crippen LogP) is 2.62. The maximum absolute atomic E-state index is 5.76. The van der Waals surface area contributed by atoms with Gasteiger partial charge in [0.2, 0.25) is 0 Å². The molecular weight excluding hydrogens is 212 g/mol. The van der Waals surface area contributed by atoms with Gasteiger partial charge in [-0.05, 0) is 56.9 Å². The van der Waals surface area contributed by atoms with Gasteiger partial charge < -0.3 is 15.8 Å². The minimum atomic E-state index is 0.227. The van der Waals surface area contributed by atoms with Crippen molar-refractivity contribution < 1.29 is 4.74 Å². The van der Waals surface area contributed by atoms with Crippen LogP contribution in [-0.2, 0) is 0 Å². The van der Waals surface area contributed by atoms with Gasteiger partial charge in [0, 0.05) is 18.3 Å². The average Bonchev–Trinajstić information content (AvgIpc) is 2.24. The molecule has 3 heteroatoms. The lowest BCUT2D eigenvalue weighted by Gasteiger charge is -2.32. The van der Waals surface area contributed by atoms with E-state index in [0.717, 1.165) is 36.7 Å². The first-order chi connectivity index (χ1) is 8.13. The summed E-state index contributed by atoms with van der Waals surface area (Å²) in [4.78, 5) is 0. The quantitative estimate of drug-likeness (QED) is 0.823. The zero-order valence-corrected chi connectivity index (χ0v) is 10.6. The Kier molecular flexibility index (Phi) is 3.89. The largest absolute Gasteiger partial charge is 0.491 e. The second kappa shape index (κ2) is 5.41. The van der Waals surface area contributed by atoms with Gasteiger partial charge in [-0.2, -0.15) is 0 Å². The lowest BCUT2D eigenvalue weighted by Crippen LogP contribution is -2.39. The van der Waals surface area contributed by atoms with E-state index in [1.807, 2.05) is 26.0 Å². The molecule has 0 bridgehead atoms. The highest BCUT2D eigenvalue weighted by molar-refractivity contribution is 5.46. The van der Waals surface area contributed by atoms with E-state index in [1.165, 1.54) is 0 Å². The summed E-state index contributed by atoms with van der Waals surface area (Å²) in [5, 5.41) is 3.44. The van der Waals surface area contributed by atoms with Crippen LogP contribution in [0.1, 0.15) is 26.7 Å². The fourth-order valence-electron chi connectivity index (χ4n) is 2.14. The maximum atomic E-state index is 5.76. The van der Waals surface area contributed by atoms with Gasteiger partial charge in [-0.1, -0.05) is 0 Å². The van der Waals surface area contributed by atoms with Gasteiger partial charge in [-0.15, -0.1) is 0 Å². The molecule has 0 heterocycles. The third-order valence-electron chi connectivity index (χ3n) is 3.09. The van der Waals surface area contributed by atoms with Gasteiger partial charge >= 0.3 is 0 Å². The van der Waals surface area contributed by atoms with E-state index in [1.54, 1.807) is 0 Å². The van der Waals surface area contributed by atoms with Gasteiger partial charge in [-0.25, -0.2) is 0 Å².